The van der Waals surface area contributed by atoms with E-state index >= 15 is 0 Å². The van der Waals surface area contributed by atoms with Crippen LogP contribution in [0.2, 0.25) is 0 Å². The molecule has 2 aromatic heterocycles. The molecule has 0 aliphatic heterocycles. The van der Waals surface area contributed by atoms with Crippen molar-refractivity contribution in [2.75, 3.05) is 24.7 Å². The molecule has 0 fully saturated rings. The summed E-state index contributed by atoms with van der Waals surface area (Å²) >= 11 is 1.30. The van der Waals surface area contributed by atoms with Crippen LogP contribution in [-0.4, -0.2) is 44.8 Å². The largest absolute Gasteiger partial charge is 0.462 e. The highest BCUT2D eigenvalue weighted by Gasteiger charge is 2.20. The lowest BCUT2D eigenvalue weighted by molar-refractivity contribution is 0.0531. The molecule has 0 aliphatic carbocycles. The molecule has 2 rings (SSSR count). The van der Waals surface area contributed by atoms with Crippen LogP contribution in [0.25, 0.3) is 10.2 Å². The average molecular weight is 341 g/mol. The first-order valence-electron chi connectivity index (χ1n) is 6.93. The number of hydrogen-bond acceptors (Lipinski definition) is 7. The van der Waals surface area contributed by atoms with Gasteiger partial charge in [-0.1, -0.05) is 0 Å². The van der Waals surface area contributed by atoms with Gasteiger partial charge in [-0.15, -0.1) is 11.3 Å². The number of rotatable bonds is 6. The van der Waals surface area contributed by atoms with Crippen molar-refractivity contribution in [3.05, 3.63) is 16.8 Å². The third kappa shape index (κ3) is 3.44. The van der Waals surface area contributed by atoms with Crippen molar-refractivity contribution in [1.29, 1.82) is 0 Å². The van der Waals surface area contributed by atoms with Crippen molar-refractivity contribution in [2.24, 2.45) is 0 Å². The highest BCUT2D eigenvalue weighted by Crippen LogP contribution is 2.33. The molecular formula is C14H19N3O3S2. The molecule has 22 heavy (non-hydrogen) atoms. The molecule has 2 heterocycles. The smallest absolute Gasteiger partial charge is 0.348 e. The third-order valence-corrected chi connectivity index (χ3v) is 5.79. The molecule has 0 aromatic carbocycles. The van der Waals surface area contributed by atoms with E-state index in [0.29, 0.717) is 23.8 Å². The lowest BCUT2D eigenvalue weighted by atomic mass is 10.2. The molecule has 1 N–H and O–H groups in total. The molecule has 0 amide bonds. The van der Waals surface area contributed by atoms with Gasteiger partial charge in [0.2, 0.25) is 0 Å². The number of aryl methyl sites for hydroxylation is 1. The van der Waals surface area contributed by atoms with E-state index in [0.717, 1.165) is 15.8 Å². The Morgan fingerprint density at radius 2 is 2.23 bits per heavy atom. The normalized spacial score (nSPS) is 13.8. The molecule has 2 aromatic rings. The first kappa shape index (κ1) is 16.8. The number of fused-ring (bicyclic) bond motifs is 1. The Labute approximate surface area is 135 Å². The molecule has 0 saturated heterocycles. The number of carbonyl (C=O) groups is 1. The number of anilines is 1. The molecular weight excluding hydrogens is 322 g/mol. The van der Waals surface area contributed by atoms with Gasteiger partial charge in [0.05, 0.1) is 12.0 Å². The maximum Gasteiger partial charge on any atom is 0.348 e. The second-order valence-electron chi connectivity index (χ2n) is 4.87. The van der Waals surface area contributed by atoms with Crippen LogP contribution in [0.4, 0.5) is 5.82 Å². The standard InChI is InChI=1S/C14H19N3O3S2/c1-5-20-14(18)11-9(3)10-12(15-6-8(2)22(4)19)16-7-17-13(10)21-11/h7-8H,5-6H2,1-4H3,(H,15,16,17). The van der Waals surface area contributed by atoms with Crippen LogP contribution in [0, 0.1) is 6.92 Å². The van der Waals surface area contributed by atoms with Gasteiger partial charge in [0.15, 0.2) is 0 Å². The molecule has 6 nitrogen and oxygen atoms in total. The summed E-state index contributed by atoms with van der Waals surface area (Å²) in [6, 6.07) is 0. The summed E-state index contributed by atoms with van der Waals surface area (Å²) < 4.78 is 16.5. The Balaban J connectivity index is 2.36. The van der Waals surface area contributed by atoms with E-state index in [4.69, 9.17) is 4.74 Å². The van der Waals surface area contributed by atoms with E-state index in [9.17, 15) is 9.00 Å². The number of ether oxygens (including phenoxy) is 1. The zero-order chi connectivity index (χ0) is 16.3. The van der Waals surface area contributed by atoms with Crippen LogP contribution in [0.3, 0.4) is 0 Å². The molecule has 0 radical (unpaired) electrons. The van der Waals surface area contributed by atoms with Gasteiger partial charge in [-0.05, 0) is 26.3 Å². The van der Waals surface area contributed by atoms with Crippen molar-refractivity contribution in [3.8, 4) is 0 Å². The van der Waals surface area contributed by atoms with E-state index in [2.05, 4.69) is 15.3 Å². The van der Waals surface area contributed by atoms with Crippen molar-refractivity contribution < 1.29 is 13.7 Å². The van der Waals surface area contributed by atoms with Crippen LogP contribution in [-0.2, 0) is 15.5 Å². The molecule has 2 atom stereocenters. The predicted octanol–water partition coefficient (Wildman–Crippen LogP) is 2.36. The first-order chi connectivity index (χ1) is 10.5. The SMILES string of the molecule is CCOC(=O)c1sc2ncnc(NCC(C)S(C)=O)c2c1C. The van der Waals surface area contributed by atoms with Crippen LogP contribution in [0.15, 0.2) is 6.33 Å². The monoisotopic (exact) mass is 341 g/mol. The van der Waals surface area contributed by atoms with Gasteiger partial charge in [0.1, 0.15) is 21.9 Å². The highest BCUT2D eigenvalue weighted by molar-refractivity contribution is 7.84. The van der Waals surface area contributed by atoms with Crippen molar-refractivity contribution >= 4 is 44.1 Å². The van der Waals surface area contributed by atoms with E-state index < -0.39 is 10.8 Å². The minimum absolute atomic E-state index is 0.00786. The first-order valence-corrected chi connectivity index (χ1v) is 9.36. The second kappa shape index (κ2) is 7.15. The minimum atomic E-state index is -0.905. The number of nitrogens with zero attached hydrogens (tertiary/aromatic N) is 2. The van der Waals surface area contributed by atoms with Gasteiger partial charge in [0, 0.05) is 28.9 Å². The average Bonchev–Trinajstić information content (AvgIpc) is 2.83. The van der Waals surface area contributed by atoms with Crippen LogP contribution < -0.4 is 5.32 Å². The molecule has 2 unspecified atom stereocenters. The van der Waals surface area contributed by atoms with Crippen LogP contribution in [0.5, 0.6) is 0 Å². The molecule has 0 aliphatic rings. The molecule has 120 valence electrons. The third-order valence-electron chi connectivity index (χ3n) is 3.31. The zero-order valence-electron chi connectivity index (χ0n) is 13.0. The molecule has 0 bridgehead atoms. The number of thiophene rings is 1. The Kier molecular flexibility index (Phi) is 5.47. The van der Waals surface area contributed by atoms with E-state index in [1.807, 2.05) is 13.8 Å². The van der Waals surface area contributed by atoms with Crippen LogP contribution >= 0.6 is 11.3 Å². The number of aromatic nitrogens is 2. The van der Waals surface area contributed by atoms with E-state index in [1.54, 1.807) is 13.2 Å². The van der Waals surface area contributed by atoms with E-state index in [1.165, 1.54) is 17.7 Å². The van der Waals surface area contributed by atoms with E-state index in [-0.39, 0.29) is 11.2 Å². The second-order valence-corrected chi connectivity index (χ2v) is 7.67. The van der Waals surface area contributed by atoms with Gasteiger partial charge in [-0.3, -0.25) is 4.21 Å². The summed E-state index contributed by atoms with van der Waals surface area (Å²) in [6.07, 6.45) is 3.14. The Morgan fingerprint density at radius 1 is 1.50 bits per heavy atom. The van der Waals surface area contributed by atoms with Gasteiger partial charge in [-0.25, -0.2) is 14.8 Å². The maximum absolute atomic E-state index is 12.0. The summed E-state index contributed by atoms with van der Waals surface area (Å²) in [4.78, 5) is 21.7. The van der Waals surface area contributed by atoms with Gasteiger partial charge in [-0.2, -0.15) is 0 Å². The molecule has 8 heteroatoms. The summed E-state index contributed by atoms with van der Waals surface area (Å²) in [5.41, 5.74) is 0.812. The topological polar surface area (TPSA) is 81.2 Å². The van der Waals surface area contributed by atoms with Gasteiger partial charge < -0.3 is 10.1 Å². The summed E-state index contributed by atoms with van der Waals surface area (Å²) in [6.45, 7) is 6.43. The van der Waals surface area contributed by atoms with Gasteiger partial charge in [0.25, 0.3) is 0 Å². The minimum Gasteiger partial charge on any atom is -0.462 e. The van der Waals surface area contributed by atoms with Crippen molar-refractivity contribution in [3.63, 3.8) is 0 Å². The van der Waals surface area contributed by atoms with Crippen molar-refractivity contribution in [1.82, 2.24) is 9.97 Å². The summed E-state index contributed by atoms with van der Waals surface area (Å²) in [5, 5.41) is 4.04. The Hall–Kier alpha value is -1.54. The Morgan fingerprint density at radius 3 is 2.86 bits per heavy atom. The fourth-order valence-corrected chi connectivity index (χ4v) is 3.32. The lowest BCUT2D eigenvalue weighted by Crippen LogP contribution is -2.21. The summed E-state index contributed by atoms with van der Waals surface area (Å²) in [5.74, 6) is 0.323. The molecule has 0 spiro atoms. The molecule has 0 saturated carbocycles. The van der Waals surface area contributed by atoms with Gasteiger partial charge >= 0.3 is 5.97 Å². The van der Waals surface area contributed by atoms with Crippen LogP contribution in [0.1, 0.15) is 29.1 Å². The van der Waals surface area contributed by atoms with Crippen molar-refractivity contribution in [2.45, 2.75) is 26.0 Å². The number of nitrogens with one attached hydrogen (secondary N) is 1. The number of hydrogen-bond donors (Lipinski definition) is 1. The lowest BCUT2D eigenvalue weighted by Gasteiger charge is -2.11. The number of esters is 1. The summed E-state index contributed by atoms with van der Waals surface area (Å²) in [7, 11) is -0.905. The fraction of sp³-hybridized carbons (Fsp3) is 0.500. The predicted molar refractivity (Wildman–Crippen MR) is 90.1 cm³/mol. The Bertz CT molecular complexity index is 715. The maximum atomic E-state index is 12.0. The quantitative estimate of drug-likeness (QED) is 0.812. The zero-order valence-corrected chi connectivity index (χ0v) is 14.6. The fourth-order valence-electron chi connectivity index (χ4n) is 1.95. The number of carbonyl (C=O) groups excluding carboxylic acids is 1. The highest BCUT2D eigenvalue weighted by atomic mass is 32.2.